The van der Waals surface area contributed by atoms with E-state index in [-0.39, 0.29) is 0 Å². The van der Waals surface area contributed by atoms with E-state index in [1.54, 1.807) is 0 Å². The summed E-state index contributed by atoms with van der Waals surface area (Å²) in [6, 6.07) is 2.70. The first-order valence-electron chi connectivity index (χ1n) is 9.76. The van der Waals surface area contributed by atoms with E-state index in [1.165, 1.54) is 43.4 Å². The number of hydrogen-bond acceptors (Lipinski definition) is 3. The molecule has 1 aliphatic carbocycles. The molecule has 138 valence electrons. The molecule has 0 bridgehead atoms. The third-order valence-electron chi connectivity index (χ3n) is 5.43. The molecule has 0 unspecified atom stereocenters. The Labute approximate surface area is 154 Å². The molecule has 26 heavy (non-hydrogen) atoms. The molecule has 0 spiro atoms. The molecule has 3 aromatic heterocycles. The van der Waals surface area contributed by atoms with E-state index >= 15 is 0 Å². The van der Waals surface area contributed by atoms with Crippen molar-refractivity contribution in [2.24, 2.45) is 0 Å². The summed E-state index contributed by atoms with van der Waals surface area (Å²) in [6.45, 7) is 6.02. The van der Waals surface area contributed by atoms with Crippen molar-refractivity contribution in [3.63, 3.8) is 0 Å². The zero-order valence-electron chi connectivity index (χ0n) is 15.8. The van der Waals surface area contributed by atoms with Gasteiger partial charge in [-0.05, 0) is 39.2 Å². The highest BCUT2D eigenvalue weighted by molar-refractivity contribution is 5.56. The molecule has 0 N–H and O–H groups in total. The Morgan fingerprint density at radius 1 is 1.08 bits per heavy atom. The first-order chi connectivity index (χ1) is 12.7. The van der Waals surface area contributed by atoms with Gasteiger partial charge in [-0.15, -0.1) is 0 Å². The molecule has 1 saturated carbocycles. The van der Waals surface area contributed by atoms with Crippen LogP contribution in [0.15, 0.2) is 31.0 Å². The normalized spacial score (nSPS) is 15.6. The molecule has 1 aliphatic rings. The smallest absolute Gasteiger partial charge is 0.0950 e. The molecule has 0 saturated heterocycles. The Hall–Kier alpha value is -2.37. The van der Waals surface area contributed by atoms with Crippen molar-refractivity contribution in [1.29, 1.82) is 0 Å². The molecule has 0 atom stereocenters. The van der Waals surface area contributed by atoms with Crippen LogP contribution >= 0.6 is 0 Å². The van der Waals surface area contributed by atoms with Gasteiger partial charge in [0.05, 0.1) is 36.2 Å². The first kappa shape index (κ1) is 17.1. The van der Waals surface area contributed by atoms with Crippen LogP contribution in [0.5, 0.6) is 0 Å². The molecule has 3 heterocycles. The van der Waals surface area contributed by atoms with Gasteiger partial charge in [-0.1, -0.05) is 19.3 Å². The highest BCUT2D eigenvalue weighted by Gasteiger charge is 2.17. The van der Waals surface area contributed by atoms with Gasteiger partial charge in [0.15, 0.2) is 0 Å². The van der Waals surface area contributed by atoms with E-state index in [2.05, 4.69) is 48.3 Å². The van der Waals surface area contributed by atoms with E-state index in [9.17, 15) is 0 Å². The van der Waals surface area contributed by atoms with Crippen LogP contribution in [-0.2, 0) is 13.1 Å². The van der Waals surface area contributed by atoms with Crippen molar-refractivity contribution in [2.75, 3.05) is 0 Å². The van der Waals surface area contributed by atoms with Crippen molar-refractivity contribution < 1.29 is 0 Å². The fourth-order valence-electron chi connectivity index (χ4n) is 4.05. The van der Waals surface area contributed by atoms with Gasteiger partial charge in [0.25, 0.3) is 0 Å². The van der Waals surface area contributed by atoms with Crippen LogP contribution in [-0.4, -0.2) is 29.1 Å². The predicted octanol–water partition coefficient (Wildman–Crippen LogP) is 4.16. The minimum atomic E-state index is 0.569. The van der Waals surface area contributed by atoms with Gasteiger partial charge in [-0.25, -0.2) is 4.98 Å². The van der Waals surface area contributed by atoms with Crippen LogP contribution in [0.3, 0.4) is 0 Å². The summed E-state index contributed by atoms with van der Waals surface area (Å²) in [4.78, 5) is 4.37. The number of hydrogen-bond donors (Lipinski definition) is 0. The number of aryl methyl sites for hydroxylation is 4. The summed E-state index contributed by atoms with van der Waals surface area (Å²) < 4.78 is 6.49. The predicted molar refractivity (Wildman–Crippen MR) is 102 cm³/mol. The molecule has 3 aromatic rings. The van der Waals surface area contributed by atoms with Crippen LogP contribution in [0, 0.1) is 13.8 Å². The lowest BCUT2D eigenvalue weighted by Crippen LogP contribution is -2.12. The Balaban J connectivity index is 1.42. The maximum atomic E-state index is 4.64. The molecule has 0 aromatic carbocycles. The standard InChI is InChI=1S/C20H28N6/c1-16-11-17(2)25(23-16)10-6-9-24-15-21-13-20(24)18-12-22-26(14-18)19-7-4-3-5-8-19/h11-15,19H,3-10H2,1-2H3. The topological polar surface area (TPSA) is 53.5 Å². The van der Waals surface area contributed by atoms with E-state index in [0.717, 1.165) is 30.9 Å². The average molecular weight is 352 g/mol. The lowest BCUT2D eigenvalue weighted by molar-refractivity contribution is 0.329. The van der Waals surface area contributed by atoms with Crippen LogP contribution in [0.4, 0.5) is 0 Å². The van der Waals surface area contributed by atoms with Crippen molar-refractivity contribution >= 4 is 0 Å². The second-order valence-electron chi connectivity index (χ2n) is 7.48. The van der Waals surface area contributed by atoms with Gasteiger partial charge in [0.2, 0.25) is 0 Å². The van der Waals surface area contributed by atoms with E-state index in [4.69, 9.17) is 0 Å². The maximum absolute atomic E-state index is 4.64. The molecule has 6 heteroatoms. The molecule has 0 aliphatic heterocycles. The van der Waals surface area contributed by atoms with Crippen molar-refractivity contribution in [2.45, 2.75) is 71.5 Å². The van der Waals surface area contributed by atoms with Crippen LogP contribution < -0.4 is 0 Å². The van der Waals surface area contributed by atoms with Crippen LogP contribution in [0.2, 0.25) is 0 Å². The van der Waals surface area contributed by atoms with Gasteiger partial charge >= 0.3 is 0 Å². The second-order valence-corrected chi connectivity index (χ2v) is 7.48. The molecular weight excluding hydrogens is 324 g/mol. The molecule has 0 radical (unpaired) electrons. The summed E-state index contributed by atoms with van der Waals surface area (Å²) in [5.41, 5.74) is 4.63. The summed E-state index contributed by atoms with van der Waals surface area (Å²) in [5, 5.41) is 9.18. The maximum Gasteiger partial charge on any atom is 0.0950 e. The first-order valence-corrected chi connectivity index (χ1v) is 9.76. The van der Waals surface area contributed by atoms with Gasteiger partial charge in [0.1, 0.15) is 0 Å². The third-order valence-corrected chi connectivity index (χ3v) is 5.43. The largest absolute Gasteiger partial charge is 0.330 e. The van der Waals surface area contributed by atoms with Crippen LogP contribution in [0.1, 0.15) is 56.0 Å². The number of aromatic nitrogens is 6. The Morgan fingerprint density at radius 3 is 2.69 bits per heavy atom. The van der Waals surface area contributed by atoms with Gasteiger partial charge in [-0.3, -0.25) is 9.36 Å². The fourth-order valence-corrected chi connectivity index (χ4v) is 4.05. The zero-order chi connectivity index (χ0) is 17.9. The van der Waals surface area contributed by atoms with Gasteiger partial charge < -0.3 is 4.57 Å². The van der Waals surface area contributed by atoms with Gasteiger partial charge in [0, 0.05) is 30.5 Å². The van der Waals surface area contributed by atoms with Crippen LogP contribution in [0.25, 0.3) is 11.3 Å². The van der Waals surface area contributed by atoms with Crippen molar-refractivity contribution in [3.8, 4) is 11.3 Å². The lowest BCUT2D eigenvalue weighted by Gasteiger charge is -2.21. The monoisotopic (exact) mass is 352 g/mol. The van der Waals surface area contributed by atoms with E-state index < -0.39 is 0 Å². The molecule has 6 nitrogen and oxygen atoms in total. The number of rotatable bonds is 6. The molecule has 1 fully saturated rings. The minimum absolute atomic E-state index is 0.569. The van der Waals surface area contributed by atoms with E-state index in [1.807, 2.05) is 25.6 Å². The Morgan fingerprint density at radius 2 is 1.92 bits per heavy atom. The Kier molecular flexibility index (Phi) is 4.91. The summed E-state index contributed by atoms with van der Waals surface area (Å²) in [7, 11) is 0. The number of imidazole rings is 1. The average Bonchev–Trinajstić information content (AvgIpc) is 3.36. The highest BCUT2D eigenvalue weighted by Crippen LogP contribution is 2.29. The quantitative estimate of drug-likeness (QED) is 0.669. The summed E-state index contributed by atoms with van der Waals surface area (Å²) >= 11 is 0. The number of nitrogens with zero attached hydrogens (tertiary/aromatic N) is 6. The fraction of sp³-hybridized carbons (Fsp3) is 0.550. The molecule has 4 rings (SSSR count). The highest BCUT2D eigenvalue weighted by atomic mass is 15.3. The zero-order valence-corrected chi connectivity index (χ0v) is 15.8. The molecule has 0 amide bonds. The molecular formula is C20H28N6. The SMILES string of the molecule is Cc1cc(C)n(CCCn2cncc2-c2cnn(C3CCCCC3)c2)n1. The third kappa shape index (κ3) is 3.59. The Bertz CT molecular complexity index is 849. The lowest BCUT2D eigenvalue weighted by atomic mass is 9.96. The van der Waals surface area contributed by atoms with E-state index in [0.29, 0.717) is 6.04 Å². The second kappa shape index (κ2) is 7.48. The van der Waals surface area contributed by atoms with Gasteiger partial charge in [-0.2, -0.15) is 10.2 Å². The van der Waals surface area contributed by atoms with Crippen molar-refractivity contribution in [3.05, 3.63) is 42.4 Å². The minimum Gasteiger partial charge on any atom is -0.330 e. The van der Waals surface area contributed by atoms with Crippen molar-refractivity contribution in [1.82, 2.24) is 29.1 Å². The summed E-state index contributed by atoms with van der Waals surface area (Å²) in [5.74, 6) is 0. The summed E-state index contributed by atoms with van der Waals surface area (Å²) in [6.07, 6.45) is 15.6.